The molecule has 94 valence electrons. The Morgan fingerprint density at radius 1 is 1.44 bits per heavy atom. The maximum Gasteiger partial charge on any atom is 0.309 e. The molecule has 0 aromatic rings. The van der Waals surface area contributed by atoms with Crippen molar-refractivity contribution >= 4 is 5.97 Å². The largest absolute Gasteiger partial charge is 0.481 e. The number of carbonyl (C=O) groups is 1. The second-order valence-corrected chi connectivity index (χ2v) is 5.57. The molecule has 0 spiro atoms. The fourth-order valence-electron chi connectivity index (χ4n) is 2.67. The molecule has 3 unspecified atom stereocenters. The van der Waals surface area contributed by atoms with E-state index in [4.69, 9.17) is 9.84 Å². The van der Waals surface area contributed by atoms with Gasteiger partial charge >= 0.3 is 5.97 Å². The van der Waals surface area contributed by atoms with Crippen molar-refractivity contribution in [2.45, 2.75) is 52.6 Å². The molecule has 1 aliphatic rings. The van der Waals surface area contributed by atoms with Gasteiger partial charge in [-0.3, -0.25) is 4.79 Å². The minimum Gasteiger partial charge on any atom is -0.481 e. The first-order valence-corrected chi connectivity index (χ1v) is 6.18. The summed E-state index contributed by atoms with van der Waals surface area (Å²) in [7, 11) is 1.63. The van der Waals surface area contributed by atoms with Gasteiger partial charge in [-0.2, -0.15) is 0 Å². The zero-order valence-electron chi connectivity index (χ0n) is 10.8. The van der Waals surface area contributed by atoms with Crippen molar-refractivity contribution in [2.24, 2.45) is 17.3 Å². The van der Waals surface area contributed by atoms with Crippen LogP contribution in [0.4, 0.5) is 0 Å². The topological polar surface area (TPSA) is 46.5 Å². The number of aliphatic carboxylic acids is 1. The monoisotopic (exact) mass is 228 g/mol. The van der Waals surface area contributed by atoms with Crippen LogP contribution in [0.2, 0.25) is 0 Å². The molecule has 0 saturated heterocycles. The van der Waals surface area contributed by atoms with E-state index in [-0.39, 0.29) is 12.0 Å². The Morgan fingerprint density at radius 2 is 2.06 bits per heavy atom. The van der Waals surface area contributed by atoms with Crippen LogP contribution in [0.15, 0.2) is 0 Å². The molecule has 0 aromatic carbocycles. The molecule has 3 nitrogen and oxygen atoms in total. The maximum atomic E-state index is 11.1. The lowest BCUT2D eigenvalue weighted by Crippen LogP contribution is -2.40. The summed E-state index contributed by atoms with van der Waals surface area (Å²) >= 11 is 0. The fraction of sp³-hybridized carbons (Fsp3) is 0.923. The number of methoxy groups -OCH3 is 1. The van der Waals surface area contributed by atoms with E-state index in [0.29, 0.717) is 11.3 Å². The maximum absolute atomic E-state index is 11.1. The predicted octanol–water partition coefficient (Wildman–Crippen LogP) is 2.94. The van der Waals surface area contributed by atoms with E-state index in [9.17, 15) is 4.79 Å². The summed E-state index contributed by atoms with van der Waals surface area (Å²) in [4.78, 5) is 11.1. The minimum atomic E-state index is -0.709. The first-order chi connectivity index (χ1) is 7.42. The number of hydrogen-bond donors (Lipinski definition) is 1. The van der Waals surface area contributed by atoms with Gasteiger partial charge in [-0.15, -0.1) is 0 Å². The van der Waals surface area contributed by atoms with Gasteiger partial charge in [0.05, 0.1) is 12.0 Å². The van der Waals surface area contributed by atoms with Crippen LogP contribution < -0.4 is 0 Å². The van der Waals surface area contributed by atoms with Gasteiger partial charge in [-0.05, 0) is 30.6 Å². The van der Waals surface area contributed by atoms with Crippen LogP contribution in [0.3, 0.4) is 0 Å². The third-order valence-corrected chi connectivity index (χ3v) is 4.43. The van der Waals surface area contributed by atoms with Crippen molar-refractivity contribution in [2.75, 3.05) is 7.11 Å². The summed E-state index contributed by atoms with van der Waals surface area (Å²) in [5.41, 5.74) is 0.292. The number of rotatable bonds is 4. The molecule has 0 aliphatic heterocycles. The van der Waals surface area contributed by atoms with Gasteiger partial charge in [0, 0.05) is 7.11 Å². The van der Waals surface area contributed by atoms with Gasteiger partial charge in [0.25, 0.3) is 0 Å². The zero-order valence-corrected chi connectivity index (χ0v) is 10.8. The van der Waals surface area contributed by atoms with Crippen LogP contribution in [0.25, 0.3) is 0 Å². The number of ether oxygens (including phenoxy) is 1. The second kappa shape index (κ2) is 5.17. The molecule has 1 aliphatic carbocycles. The smallest absolute Gasteiger partial charge is 0.309 e. The first kappa shape index (κ1) is 13.5. The van der Waals surface area contributed by atoms with E-state index in [1.807, 2.05) is 0 Å². The van der Waals surface area contributed by atoms with Crippen molar-refractivity contribution in [1.82, 2.24) is 0 Å². The second-order valence-electron chi connectivity index (χ2n) is 5.57. The predicted molar refractivity (Wildman–Crippen MR) is 63.3 cm³/mol. The highest BCUT2D eigenvalue weighted by Gasteiger charge is 2.40. The van der Waals surface area contributed by atoms with E-state index in [1.54, 1.807) is 7.11 Å². The lowest BCUT2D eigenvalue weighted by Gasteiger charge is -2.41. The summed E-state index contributed by atoms with van der Waals surface area (Å²) < 4.78 is 5.35. The van der Waals surface area contributed by atoms with Crippen molar-refractivity contribution in [3.8, 4) is 0 Å². The highest BCUT2D eigenvalue weighted by atomic mass is 16.5. The van der Waals surface area contributed by atoms with Crippen molar-refractivity contribution in [3.63, 3.8) is 0 Å². The Kier molecular flexibility index (Phi) is 4.36. The highest BCUT2D eigenvalue weighted by Crippen LogP contribution is 2.42. The van der Waals surface area contributed by atoms with Crippen molar-refractivity contribution in [3.05, 3.63) is 0 Å². The Hall–Kier alpha value is -0.570. The van der Waals surface area contributed by atoms with Crippen LogP contribution in [0, 0.1) is 17.3 Å². The minimum absolute atomic E-state index is 0.109. The van der Waals surface area contributed by atoms with E-state index in [2.05, 4.69) is 20.8 Å². The zero-order chi connectivity index (χ0) is 12.3. The summed E-state index contributed by atoms with van der Waals surface area (Å²) in [5.74, 6) is -0.438. The Labute approximate surface area is 98.2 Å². The molecular weight excluding hydrogens is 204 g/mol. The van der Waals surface area contributed by atoms with Gasteiger partial charge < -0.3 is 9.84 Å². The summed E-state index contributed by atoms with van der Waals surface area (Å²) in [6.07, 6.45) is 3.67. The molecule has 0 amide bonds. The number of hydrogen-bond acceptors (Lipinski definition) is 2. The van der Waals surface area contributed by atoms with E-state index in [1.165, 1.54) is 0 Å². The van der Waals surface area contributed by atoms with Crippen LogP contribution in [0.1, 0.15) is 46.5 Å². The molecule has 16 heavy (non-hydrogen) atoms. The summed E-state index contributed by atoms with van der Waals surface area (Å²) in [6, 6.07) is 0. The van der Waals surface area contributed by atoms with Crippen LogP contribution in [-0.4, -0.2) is 24.3 Å². The average molecular weight is 228 g/mol. The van der Waals surface area contributed by atoms with Crippen LogP contribution in [-0.2, 0) is 9.53 Å². The quantitative estimate of drug-likeness (QED) is 0.804. The lowest BCUT2D eigenvalue weighted by molar-refractivity contribution is -0.150. The van der Waals surface area contributed by atoms with E-state index >= 15 is 0 Å². The molecule has 1 N–H and O–H groups in total. The van der Waals surface area contributed by atoms with Crippen LogP contribution >= 0.6 is 0 Å². The molecule has 3 atom stereocenters. The van der Waals surface area contributed by atoms with Crippen LogP contribution in [0.5, 0.6) is 0 Å². The molecule has 0 radical (unpaired) electrons. The third-order valence-electron chi connectivity index (χ3n) is 4.43. The Balaban J connectivity index is 2.69. The molecular formula is C13H24O3. The molecule has 0 aromatic heterocycles. The molecule has 1 rings (SSSR count). The first-order valence-electron chi connectivity index (χ1n) is 6.18. The Bertz CT molecular complexity index is 248. The molecule has 0 heterocycles. The van der Waals surface area contributed by atoms with E-state index in [0.717, 1.165) is 25.7 Å². The molecule has 3 heteroatoms. The van der Waals surface area contributed by atoms with Gasteiger partial charge in [-0.25, -0.2) is 0 Å². The molecule has 0 bridgehead atoms. The summed E-state index contributed by atoms with van der Waals surface area (Å²) in [6.45, 7) is 6.74. The molecule has 1 saturated carbocycles. The fourth-order valence-corrected chi connectivity index (χ4v) is 2.67. The molecule has 1 fully saturated rings. The van der Waals surface area contributed by atoms with Gasteiger partial charge in [0.2, 0.25) is 0 Å². The van der Waals surface area contributed by atoms with E-state index < -0.39 is 5.97 Å². The van der Waals surface area contributed by atoms with Gasteiger partial charge in [0.1, 0.15) is 0 Å². The third kappa shape index (κ3) is 2.76. The van der Waals surface area contributed by atoms with Gasteiger partial charge in [-0.1, -0.05) is 27.2 Å². The standard InChI is InChI=1S/C13H24O3/c1-5-13(2,3)9-6-7-10(12(14)15)11(8-9)16-4/h9-11H,5-8H2,1-4H3,(H,14,15). The number of carboxylic acids is 1. The Morgan fingerprint density at radius 3 is 2.50 bits per heavy atom. The average Bonchev–Trinajstić information content (AvgIpc) is 2.27. The van der Waals surface area contributed by atoms with Crippen molar-refractivity contribution < 1.29 is 14.6 Å². The summed E-state index contributed by atoms with van der Waals surface area (Å²) in [5, 5.41) is 9.11. The lowest BCUT2D eigenvalue weighted by atomic mass is 9.66. The highest BCUT2D eigenvalue weighted by molar-refractivity contribution is 5.70. The normalized spacial score (nSPS) is 31.4. The SMILES string of the molecule is CCC(C)(C)C1CCC(C(=O)O)C(OC)C1. The van der Waals surface area contributed by atoms with Crippen molar-refractivity contribution in [1.29, 1.82) is 0 Å². The van der Waals surface area contributed by atoms with Gasteiger partial charge in [0.15, 0.2) is 0 Å². The number of carboxylic acid groups (broad SMARTS) is 1.